The van der Waals surface area contributed by atoms with Gasteiger partial charge in [0.1, 0.15) is 10.3 Å². The molecular weight excluding hydrogens is 538 g/mol. The molecule has 39 heavy (non-hydrogen) atoms. The number of thiophene rings is 1. The van der Waals surface area contributed by atoms with Gasteiger partial charge < -0.3 is 19.3 Å². The maximum Gasteiger partial charge on any atom is 0.258 e. The lowest BCUT2D eigenvalue weighted by atomic mass is 10.0. The second kappa shape index (κ2) is 11.7. The van der Waals surface area contributed by atoms with Crippen molar-refractivity contribution < 1.29 is 27.5 Å². The second-order valence-corrected chi connectivity index (χ2v) is 12.7. The van der Waals surface area contributed by atoms with Crippen LogP contribution in [0, 0.1) is 0 Å². The van der Waals surface area contributed by atoms with Gasteiger partial charge in [-0.2, -0.15) is 4.31 Å². The molecule has 1 atom stereocenters. The molecule has 1 saturated heterocycles. The Morgan fingerprint density at radius 2 is 1.90 bits per heavy atom. The molecule has 208 valence electrons. The van der Waals surface area contributed by atoms with Gasteiger partial charge in [0, 0.05) is 56.8 Å². The van der Waals surface area contributed by atoms with Crippen LogP contribution in [0.25, 0.3) is 10.8 Å². The molecule has 11 heteroatoms. The number of rotatable bonds is 11. The van der Waals surface area contributed by atoms with E-state index in [0.717, 1.165) is 34.2 Å². The number of ether oxygens (including phenoxy) is 2. The largest absolute Gasteiger partial charge is 0.385 e. The number of hydrogen-bond acceptors (Lipinski definition) is 7. The Morgan fingerprint density at radius 1 is 1.08 bits per heavy atom. The van der Waals surface area contributed by atoms with Crippen molar-refractivity contribution in [2.75, 3.05) is 56.9 Å². The van der Waals surface area contributed by atoms with Crippen LogP contribution in [0.4, 0.5) is 11.4 Å². The van der Waals surface area contributed by atoms with E-state index in [1.165, 1.54) is 4.31 Å². The fourth-order valence-electron chi connectivity index (χ4n) is 5.53. The number of piperidine rings is 1. The van der Waals surface area contributed by atoms with Crippen LogP contribution in [-0.4, -0.2) is 77.6 Å². The van der Waals surface area contributed by atoms with Gasteiger partial charge >= 0.3 is 0 Å². The van der Waals surface area contributed by atoms with Crippen LogP contribution in [0.15, 0.2) is 52.1 Å². The third-order valence-electron chi connectivity index (χ3n) is 7.36. The molecule has 0 bridgehead atoms. The molecule has 1 unspecified atom stereocenters. The third kappa shape index (κ3) is 5.09. The van der Waals surface area contributed by atoms with E-state index in [0.29, 0.717) is 50.2 Å². The third-order valence-corrected chi connectivity index (χ3v) is 10.6. The summed E-state index contributed by atoms with van der Waals surface area (Å²) < 4.78 is 39.2. The number of benzene rings is 2. The van der Waals surface area contributed by atoms with Gasteiger partial charge in [0.15, 0.2) is 0 Å². The van der Waals surface area contributed by atoms with Crippen molar-refractivity contribution in [3.05, 3.63) is 53.4 Å². The minimum Gasteiger partial charge on any atom is -0.385 e. The first-order valence-corrected chi connectivity index (χ1v) is 15.4. The number of carbonyl (C=O) groups is 2. The van der Waals surface area contributed by atoms with Gasteiger partial charge in [0.2, 0.25) is 5.91 Å². The highest BCUT2D eigenvalue weighted by atomic mass is 32.2. The van der Waals surface area contributed by atoms with E-state index in [1.807, 2.05) is 30.3 Å². The summed E-state index contributed by atoms with van der Waals surface area (Å²) in [6, 6.07) is 11.8. The average molecular weight is 572 g/mol. The number of anilines is 2. The minimum absolute atomic E-state index is 0.0703. The molecule has 1 fully saturated rings. The zero-order valence-corrected chi connectivity index (χ0v) is 23.8. The summed E-state index contributed by atoms with van der Waals surface area (Å²) in [5.74, 6) is -0.354. The van der Waals surface area contributed by atoms with Gasteiger partial charge in [-0.15, -0.1) is 11.3 Å². The Balaban J connectivity index is 1.55. The van der Waals surface area contributed by atoms with E-state index in [-0.39, 0.29) is 29.2 Å². The lowest BCUT2D eigenvalue weighted by Crippen LogP contribution is -2.53. The SMILES string of the molecule is COCCCN1C(=O)c2cccc3c(N(CCOC)C(=O)C4CCCCN4S(=O)(=O)c4cccs4)ccc1c23. The van der Waals surface area contributed by atoms with E-state index in [9.17, 15) is 18.0 Å². The molecule has 0 spiro atoms. The summed E-state index contributed by atoms with van der Waals surface area (Å²) in [7, 11) is -0.602. The van der Waals surface area contributed by atoms with Crippen LogP contribution in [0.3, 0.4) is 0 Å². The van der Waals surface area contributed by atoms with Gasteiger partial charge in [-0.05, 0) is 48.9 Å². The lowest BCUT2D eigenvalue weighted by molar-refractivity contribution is -0.123. The zero-order valence-electron chi connectivity index (χ0n) is 22.2. The normalized spacial score (nSPS) is 17.7. The van der Waals surface area contributed by atoms with Crippen LogP contribution in [-0.2, 0) is 24.3 Å². The van der Waals surface area contributed by atoms with Crippen molar-refractivity contribution in [1.29, 1.82) is 0 Å². The lowest BCUT2D eigenvalue weighted by Gasteiger charge is -2.37. The molecule has 1 aromatic heterocycles. The minimum atomic E-state index is -3.81. The summed E-state index contributed by atoms with van der Waals surface area (Å²) in [5.41, 5.74) is 2.05. The number of carbonyl (C=O) groups excluding carboxylic acids is 2. The molecule has 0 saturated carbocycles. The van der Waals surface area contributed by atoms with E-state index < -0.39 is 16.1 Å². The number of sulfonamides is 1. The molecule has 3 aromatic rings. The van der Waals surface area contributed by atoms with Gasteiger partial charge in [0.25, 0.3) is 15.9 Å². The first-order chi connectivity index (χ1) is 18.9. The van der Waals surface area contributed by atoms with Gasteiger partial charge in [-0.3, -0.25) is 9.59 Å². The Morgan fingerprint density at radius 3 is 2.64 bits per heavy atom. The predicted octanol–water partition coefficient (Wildman–Crippen LogP) is 4.12. The number of amides is 2. The van der Waals surface area contributed by atoms with E-state index in [2.05, 4.69) is 0 Å². The van der Waals surface area contributed by atoms with Crippen molar-refractivity contribution in [2.24, 2.45) is 0 Å². The molecule has 0 N–H and O–H groups in total. The maximum atomic E-state index is 14.2. The molecule has 0 aliphatic carbocycles. The Bertz CT molecular complexity index is 1460. The number of nitrogens with zero attached hydrogens (tertiary/aromatic N) is 3. The van der Waals surface area contributed by atoms with Crippen molar-refractivity contribution in [3.63, 3.8) is 0 Å². The average Bonchev–Trinajstić information content (AvgIpc) is 3.59. The monoisotopic (exact) mass is 571 g/mol. The summed E-state index contributed by atoms with van der Waals surface area (Å²) in [5, 5.41) is 3.31. The highest BCUT2D eigenvalue weighted by Gasteiger charge is 2.41. The second-order valence-electron chi connectivity index (χ2n) is 9.68. The van der Waals surface area contributed by atoms with Crippen LogP contribution >= 0.6 is 11.3 Å². The van der Waals surface area contributed by atoms with Crippen molar-refractivity contribution >= 4 is 55.3 Å². The van der Waals surface area contributed by atoms with Crippen molar-refractivity contribution in [2.45, 2.75) is 35.9 Å². The van der Waals surface area contributed by atoms with Crippen molar-refractivity contribution in [1.82, 2.24) is 4.31 Å². The maximum absolute atomic E-state index is 14.2. The molecule has 2 aliphatic heterocycles. The standard InChI is InChI=1S/C28H33N3O6S2/c1-36-17-7-14-29-23-13-12-22(20-8-5-9-21(26(20)23)27(29)32)30(16-18-37-2)28(33)24-10-3-4-15-31(24)39(34,35)25-11-6-19-38-25/h5-6,8-9,11-13,19,24H,3-4,7,10,14-18H2,1-2H3. The number of hydrogen-bond donors (Lipinski definition) is 0. The van der Waals surface area contributed by atoms with Crippen LogP contribution in [0.1, 0.15) is 36.0 Å². The summed E-state index contributed by atoms with van der Waals surface area (Å²) in [6.07, 6.45) is 2.61. The van der Waals surface area contributed by atoms with E-state index >= 15 is 0 Å². The topological polar surface area (TPSA) is 96.5 Å². The first kappa shape index (κ1) is 27.7. The molecule has 9 nitrogen and oxygen atoms in total. The summed E-state index contributed by atoms with van der Waals surface area (Å²) in [4.78, 5) is 30.9. The molecule has 2 aromatic carbocycles. The van der Waals surface area contributed by atoms with Gasteiger partial charge in [0.05, 0.1) is 18.0 Å². The van der Waals surface area contributed by atoms with Crippen LogP contribution in [0.2, 0.25) is 0 Å². The molecule has 3 heterocycles. The highest BCUT2D eigenvalue weighted by Crippen LogP contribution is 2.42. The Labute approximate surface area is 232 Å². The molecule has 2 aliphatic rings. The van der Waals surface area contributed by atoms with E-state index in [4.69, 9.17) is 9.47 Å². The van der Waals surface area contributed by atoms with Crippen LogP contribution < -0.4 is 9.80 Å². The summed E-state index contributed by atoms with van der Waals surface area (Å²) >= 11 is 1.16. The molecule has 2 amide bonds. The predicted molar refractivity (Wildman–Crippen MR) is 152 cm³/mol. The summed E-state index contributed by atoms with van der Waals surface area (Å²) in [6.45, 7) is 1.90. The molecular formula is C28H33N3O6S2. The fraction of sp³-hybridized carbons (Fsp3) is 0.429. The highest BCUT2D eigenvalue weighted by molar-refractivity contribution is 7.91. The van der Waals surface area contributed by atoms with Crippen molar-refractivity contribution in [3.8, 4) is 0 Å². The van der Waals surface area contributed by atoms with Gasteiger partial charge in [-0.1, -0.05) is 24.6 Å². The smallest absolute Gasteiger partial charge is 0.258 e. The Hall–Kier alpha value is -2.83. The fourth-order valence-corrected chi connectivity index (χ4v) is 8.30. The quantitative estimate of drug-likeness (QED) is 0.321. The number of methoxy groups -OCH3 is 2. The Kier molecular flexibility index (Phi) is 8.34. The van der Waals surface area contributed by atoms with E-state index in [1.54, 1.807) is 41.5 Å². The van der Waals surface area contributed by atoms with Gasteiger partial charge in [-0.25, -0.2) is 8.42 Å². The molecule has 0 radical (unpaired) electrons. The molecule has 5 rings (SSSR count). The first-order valence-electron chi connectivity index (χ1n) is 13.1. The van der Waals surface area contributed by atoms with Crippen LogP contribution in [0.5, 0.6) is 0 Å². The zero-order chi connectivity index (χ0) is 27.6.